The minimum absolute atomic E-state index is 0.599. The summed E-state index contributed by atoms with van der Waals surface area (Å²) in [7, 11) is 0. The summed E-state index contributed by atoms with van der Waals surface area (Å²) in [6.45, 7) is 2.00. The summed E-state index contributed by atoms with van der Waals surface area (Å²) < 4.78 is 2.06. The molecule has 1 aliphatic carbocycles. The Morgan fingerprint density at radius 1 is 1.38 bits per heavy atom. The Morgan fingerprint density at radius 2 is 2.23 bits per heavy atom. The van der Waals surface area contributed by atoms with Crippen LogP contribution in [0.3, 0.4) is 0 Å². The lowest BCUT2D eigenvalue weighted by molar-refractivity contribution is 0.662. The van der Waals surface area contributed by atoms with Gasteiger partial charge in [0.25, 0.3) is 0 Å². The molecule has 0 aliphatic heterocycles. The first-order valence-corrected chi connectivity index (χ1v) is 4.51. The van der Waals surface area contributed by atoms with Crippen LogP contribution in [0.2, 0.25) is 0 Å². The van der Waals surface area contributed by atoms with Crippen molar-refractivity contribution in [1.82, 2.24) is 19.7 Å². The summed E-state index contributed by atoms with van der Waals surface area (Å²) in [5.74, 6) is 0. The van der Waals surface area contributed by atoms with Gasteiger partial charge in [-0.15, -0.1) is 0 Å². The predicted octanol–water partition coefficient (Wildman–Crippen LogP) is 1.47. The fourth-order valence-corrected chi connectivity index (χ4v) is 1.63. The first-order valence-electron chi connectivity index (χ1n) is 4.51. The van der Waals surface area contributed by atoms with E-state index in [1.165, 1.54) is 12.8 Å². The normalized spacial score (nSPS) is 16.7. The van der Waals surface area contributed by atoms with Gasteiger partial charge in [0, 0.05) is 0 Å². The standard InChI is InChI=1S/C9H10N4/c1-6-9-8(11-5-10-6)4-12-13(9)7-2-3-7/h4-5,7H,2-3H2,1H3. The van der Waals surface area contributed by atoms with Crippen molar-refractivity contribution in [3.8, 4) is 0 Å². The maximum Gasteiger partial charge on any atom is 0.116 e. The summed E-state index contributed by atoms with van der Waals surface area (Å²) >= 11 is 0. The summed E-state index contributed by atoms with van der Waals surface area (Å²) in [4.78, 5) is 8.36. The molecule has 2 aromatic heterocycles. The van der Waals surface area contributed by atoms with Crippen molar-refractivity contribution in [3.63, 3.8) is 0 Å². The highest BCUT2D eigenvalue weighted by Gasteiger charge is 2.26. The maximum atomic E-state index is 4.33. The van der Waals surface area contributed by atoms with E-state index in [1.54, 1.807) is 6.33 Å². The highest BCUT2D eigenvalue weighted by molar-refractivity contribution is 5.76. The van der Waals surface area contributed by atoms with Gasteiger partial charge in [0.2, 0.25) is 0 Å². The third-order valence-corrected chi connectivity index (χ3v) is 2.46. The van der Waals surface area contributed by atoms with E-state index in [0.717, 1.165) is 16.7 Å². The van der Waals surface area contributed by atoms with Gasteiger partial charge in [-0.2, -0.15) is 5.10 Å². The van der Waals surface area contributed by atoms with E-state index in [2.05, 4.69) is 19.7 Å². The van der Waals surface area contributed by atoms with Gasteiger partial charge in [-0.1, -0.05) is 0 Å². The molecule has 66 valence electrons. The topological polar surface area (TPSA) is 43.6 Å². The van der Waals surface area contributed by atoms with Crippen molar-refractivity contribution < 1.29 is 0 Å². The molecule has 2 aromatic rings. The van der Waals surface area contributed by atoms with Crippen molar-refractivity contribution >= 4 is 11.0 Å². The number of hydrogen-bond donors (Lipinski definition) is 0. The Balaban J connectivity index is 2.34. The third kappa shape index (κ3) is 0.946. The van der Waals surface area contributed by atoms with Crippen LogP contribution in [0.4, 0.5) is 0 Å². The second-order valence-corrected chi connectivity index (χ2v) is 3.51. The van der Waals surface area contributed by atoms with Crippen LogP contribution in [0.5, 0.6) is 0 Å². The van der Waals surface area contributed by atoms with Gasteiger partial charge in [0.05, 0.1) is 17.9 Å². The van der Waals surface area contributed by atoms with E-state index >= 15 is 0 Å². The fraction of sp³-hybridized carbons (Fsp3) is 0.444. The Morgan fingerprint density at radius 3 is 3.00 bits per heavy atom. The second kappa shape index (κ2) is 2.28. The predicted molar refractivity (Wildman–Crippen MR) is 48.3 cm³/mol. The number of nitrogens with zero attached hydrogens (tertiary/aromatic N) is 4. The molecule has 2 heterocycles. The van der Waals surface area contributed by atoms with E-state index in [1.807, 2.05) is 13.1 Å². The molecule has 13 heavy (non-hydrogen) atoms. The third-order valence-electron chi connectivity index (χ3n) is 2.46. The maximum absolute atomic E-state index is 4.33. The molecule has 1 aliphatic rings. The zero-order valence-corrected chi connectivity index (χ0v) is 7.44. The number of hydrogen-bond acceptors (Lipinski definition) is 3. The first kappa shape index (κ1) is 7.00. The van der Waals surface area contributed by atoms with Crippen LogP contribution in [0.25, 0.3) is 11.0 Å². The molecule has 0 bridgehead atoms. The largest absolute Gasteiger partial charge is 0.258 e. The molecule has 0 N–H and O–H groups in total. The summed E-state index contributed by atoms with van der Waals surface area (Å²) in [5.41, 5.74) is 3.08. The van der Waals surface area contributed by atoms with Gasteiger partial charge in [-0.25, -0.2) is 9.97 Å². The number of aromatic nitrogens is 4. The van der Waals surface area contributed by atoms with Gasteiger partial charge < -0.3 is 0 Å². The van der Waals surface area contributed by atoms with Gasteiger partial charge in [-0.3, -0.25) is 4.68 Å². The molecule has 4 heteroatoms. The Kier molecular flexibility index (Phi) is 1.23. The lowest BCUT2D eigenvalue weighted by atomic mass is 10.3. The van der Waals surface area contributed by atoms with Crippen LogP contribution in [-0.2, 0) is 0 Å². The van der Waals surface area contributed by atoms with E-state index in [-0.39, 0.29) is 0 Å². The van der Waals surface area contributed by atoms with Gasteiger partial charge in [0.15, 0.2) is 0 Å². The monoisotopic (exact) mass is 174 g/mol. The number of rotatable bonds is 1. The van der Waals surface area contributed by atoms with Gasteiger partial charge in [0.1, 0.15) is 17.4 Å². The molecule has 0 radical (unpaired) electrons. The van der Waals surface area contributed by atoms with Crippen LogP contribution in [-0.4, -0.2) is 19.7 Å². The highest BCUT2D eigenvalue weighted by atomic mass is 15.3. The van der Waals surface area contributed by atoms with E-state index in [0.29, 0.717) is 6.04 Å². The number of fused-ring (bicyclic) bond motifs is 1. The van der Waals surface area contributed by atoms with Crippen molar-refractivity contribution in [2.45, 2.75) is 25.8 Å². The molecule has 3 rings (SSSR count). The zero-order chi connectivity index (χ0) is 8.84. The molecule has 0 saturated heterocycles. The Hall–Kier alpha value is -1.45. The SMILES string of the molecule is Cc1ncnc2cnn(C3CC3)c12. The molecule has 4 nitrogen and oxygen atoms in total. The average Bonchev–Trinajstić information content (AvgIpc) is 2.87. The van der Waals surface area contributed by atoms with Crippen LogP contribution in [0.15, 0.2) is 12.5 Å². The van der Waals surface area contributed by atoms with E-state index < -0.39 is 0 Å². The zero-order valence-electron chi connectivity index (χ0n) is 7.44. The molecule has 1 saturated carbocycles. The molecule has 0 atom stereocenters. The summed E-state index contributed by atoms with van der Waals surface area (Å²) in [5, 5.41) is 4.33. The highest BCUT2D eigenvalue weighted by Crippen LogP contribution is 2.36. The van der Waals surface area contributed by atoms with Crippen LogP contribution in [0.1, 0.15) is 24.6 Å². The van der Waals surface area contributed by atoms with Crippen molar-refractivity contribution in [2.24, 2.45) is 0 Å². The molecule has 0 amide bonds. The van der Waals surface area contributed by atoms with Gasteiger partial charge >= 0.3 is 0 Å². The quantitative estimate of drug-likeness (QED) is 0.657. The van der Waals surface area contributed by atoms with Crippen molar-refractivity contribution in [3.05, 3.63) is 18.2 Å². The number of aryl methyl sites for hydroxylation is 1. The van der Waals surface area contributed by atoms with E-state index in [9.17, 15) is 0 Å². The van der Waals surface area contributed by atoms with Crippen LogP contribution in [0, 0.1) is 6.92 Å². The first-order chi connectivity index (χ1) is 6.36. The molecule has 0 unspecified atom stereocenters. The van der Waals surface area contributed by atoms with Crippen LogP contribution < -0.4 is 0 Å². The van der Waals surface area contributed by atoms with Crippen LogP contribution >= 0.6 is 0 Å². The second-order valence-electron chi connectivity index (χ2n) is 3.51. The Bertz CT molecular complexity index is 456. The lowest BCUT2D eigenvalue weighted by Crippen LogP contribution is -1.98. The minimum Gasteiger partial charge on any atom is -0.258 e. The smallest absolute Gasteiger partial charge is 0.116 e. The summed E-state index contributed by atoms with van der Waals surface area (Å²) in [6.07, 6.45) is 5.90. The van der Waals surface area contributed by atoms with Crippen molar-refractivity contribution in [2.75, 3.05) is 0 Å². The molecule has 0 spiro atoms. The van der Waals surface area contributed by atoms with Gasteiger partial charge in [-0.05, 0) is 19.8 Å². The average molecular weight is 174 g/mol. The fourth-order valence-electron chi connectivity index (χ4n) is 1.63. The molecular weight excluding hydrogens is 164 g/mol. The molecule has 0 aromatic carbocycles. The van der Waals surface area contributed by atoms with E-state index in [4.69, 9.17) is 0 Å². The Labute approximate surface area is 75.6 Å². The van der Waals surface area contributed by atoms with Crippen molar-refractivity contribution in [1.29, 1.82) is 0 Å². The molecular formula is C9H10N4. The summed E-state index contributed by atoms with van der Waals surface area (Å²) in [6, 6.07) is 0.599. The lowest BCUT2D eigenvalue weighted by Gasteiger charge is -2.00. The minimum atomic E-state index is 0.599. The molecule has 1 fully saturated rings.